The second-order valence-corrected chi connectivity index (χ2v) is 6.00. The zero-order chi connectivity index (χ0) is 15.5. The third kappa shape index (κ3) is 2.85. The van der Waals surface area contributed by atoms with Crippen LogP contribution in [0, 0.1) is 0 Å². The highest BCUT2D eigenvalue weighted by Gasteiger charge is 2.27. The molecule has 2 N–H and O–H groups in total. The predicted octanol–water partition coefficient (Wildman–Crippen LogP) is 3.02. The molecule has 5 nitrogen and oxygen atoms in total. The van der Waals surface area contributed by atoms with Crippen molar-refractivity contribution in [2.24, 2.45) is 4.99 Å². The molecule has 1 aromatic rings. The molecule has 0 radical (unpaired) electrons. The minimum absolute atomic E-state index is 0.197. The number of anilines is 1. The van der Waals surface area contributed by atoms with Gasteiger partial charge in [-0.3, -0.25) is 0 Å². The van der Waals surface area contributed by atoms with Crippen LogP contribution in [0.15, 0.2) is 64.4 Å². The van der Waals surface area contributed by atoms with Gasteiger partial charge in [0.15, 0.2) is 11.5 Å². The Balaban J connectivity index is 1.96. The molecule has 1 aliphatic carbocycles. The molecule has 2 aliphatic rings. The molecule has 0 spiro atoms. The minimum atomic E-state index is 0.197. The van der Waals surface area contributed by atoms with Gasteiger partial charge in [-0.1, -0.05) is 14.6 Å². The normalized spacial score (nSPS) is 21.1. The Hall–Kier alpha value is -2.26. The lowest BCUT2D eigenvalue weighted by Gasteiger charge is -2.25. The van der Waals surface area contributed by atoms with Gasteiger partial charge in [0.1, 0.15) is 5.75 Å². The summed E-state index contributed by atoms with van der Waals surface area (Å²) in [4.78, 5) is 4.39. The molecular formula is C16H17N2O3P. The Morgan fingerprint density at radius 3 is 2.73 bits per heavy atom. The number of ether oxygens (including phenoxy) is 3. The highest BCUT2D eigenvalue weighted by molar-refractivity contribution is 7.56. The van der Waals surface area contributed by atoms with Crippen molar-refractivity contribution in [2.45, 2.75) is 5.66 Å². The lowest BCUT2D eigenvalue weighted by molar-refractivity contribution is 0.217. The van der Waals surface area contributed by atoms with Crippen LogP contribution in [0.3, 0.4) is 0 Å². The van der Waals surface area contributed by atoms with Crippen molar-refractivity contribution in [3.63, 3.8) is 0 Å². The van der Waals surface area contributed by atoms with Crippen LogP contribution in [-0.2, 0) is 9.47 Å². The number of aliphatic imine (C=N–C) groups is 1. The molecule has 114 valence electrons. The maximum Gasteiger partial charge on any atom is 0.223 e. The Morgan fingerprint density at radius 1 is 1.18 bits per heavy atom. The van der Waals surface area contributed by atoms with Crippen LogP contribution in [-0.4, -0.2) is 25.8 Å². The second kappa shape index (κ2) is 6.24. The van der Waals surface area contributed by atoms with E-state index in [0.717, 1.165) is 11.3 Å². The van der Waals surface area contributed by atoms with Crippen molar-refractivity contribution in [1.82, 2.24) is 0 Å². The predicted molar refractivity (Wildman–Crippen MR) is 89.3 cm³/mol. The molecule has 0 amide bonds. The van der Waals surface area contributed by atoms with Gasteiger partial charge in [0.25, 0.3) is 0 Å². The lowest BCUT2D eigenvalue weighted by atomic mass is 10.1. The Kier molecular flexibility index (Phi) is 4.16. The van der Waals surface area contributed by atoms with Crippen molar-refractivity contribution in [3.8, 4) is 5.75 Å². The van der Waals surface area contributed by atoms with Gasteiger partial charge in [0, 0.05) is 28.9 Å². The van der Waals surface area contributed by atoms with E-state index in [4.69, 9.17) is 19.9 Å². The summed E-state index contributed by atoms with van der Waals surface area (Å²) in [5.74, 6) is 4.52. The molecule has 22 heavy (non-hydrogen) atoms. The molecule has 2 atom stereocenters. The molecule has 6 heteroatoms. The highest BCUT2D eigenvalue weighted by atomic mass is 31.1. The summed E-state index contributed by atoms with van der Waals surface area (Å²) in [5, 5.41) is 0. The van der Waals surface area contributed by atoms with E-state index < -0.39 is 0 Å². The van der Waals surface area contributed by atoms with Crippen LogP contribution >= 0.6 is 8.58 Å². The largest absolute Gasteiger partial charge is 0.493 e. The quantitative estimate of drug-likeness (QED) is 0.685. The van der Waals surface area contributed by atoms with E-state index in [2.05, 4.69) is 4.99 Å². The lowest BCUT2D eigenvalue weighted by Crippen LogP contribution is -2.16. The number of rotatable bonds is 4. The summed E-state index contributed by atoms with van der Waals surface area (Å²) in [5.41, 5.74) is 7.62. The summed E-state index contributed by atoms with van der Waals surface area (Å²) < 4.78 is 16.6. The number of nitrogen functional groups attached to an aromatic ring is 1. The van der Waals surface area contributed by atoms with Gasteiger partial charge in [-0.2, -0.15) is 0 Å². The zero-order valence-corrected chi connectivity index (χ0v) is 13.4. The number of nitrogens with two attached hydrogens (primary N) is 1. The maximum atomic E-state index is 5.90. The highest BCUT2D eigenvalue weighted by Crippen LogP contribution is 2.39. The maximum absolute atomic E-state index is 5.90. The molecular weight excluding hydrogens is 299 g/mol. The van der Waals surface area contributed by atoms with Crippen molar-refractivity contribution in [1.29, 1.82) is 0 Å². The van der Waals surface area contributed by atoms with Gasteiger partial charge in [0.2, 0.25) is 5.88 Å². The van der Waals surface area contributed by atoms with Crippen molar-refractivity contribution in [2.75, 3.05) is 20.0 Å². The van der Waals surface area contributed by atoms with Crippen LogP contribution in [0.25, 0.3) is 0 Å². The monoisotopic (exact) mass is 316 g/mol. The van der Waals surface area contributed by atoms with Crippen molar-refractivity contribution >= 4 is 20.2 Å². The molecule has 0 saturated heterocycles. The van der Waals surface area contributed by atoms with E-state index >= 15 is 0 Å². The Morgan fingerprint density at radius 2 is 2.00 bits per heavy atom. The van der Waals surface area contributed by atoms with E-state index in [0.29, 0.717) is 31.7 Å². The fourth-order valence-corrected chi connectivity index (χ4v) is 3.30. The average molecular weight is 316 g/mol. The SMILES string of the molecule is COC1=CC2=C(Oc3cccc(N)c3)N=CPC2C=C1OC. The van der Waals surface area contributed by atoms with Crippen LogP contribution in [0.2, 0.25) is 0 Å². The number of allylic oxidation sites excluding steroid dienone is 3. The Bertz CT molecular complexity index is 707. The van der Waals surface area contributed by atoms with Gasteiger partial charge < -0.3 is 19.9 Å². The van der Waals surface area contributed by atoms with Crippen LogP contribution < -0.4 is 10.5 Å². The van der Waals surface area contributed by atoms with E-state index in [1.165, 1.54) is 0 Å². The fourth-order valence-electron chi connectivity index (χ4n) is 2.31. The third-order valence-corrected chi connectivity index (χ3v) is 4.49. The number of benzene rings is 1. The zero-order valence-electron chi connectivity index (χ0n) is 12.4. The van der Waals surface area contributed by atoms with Gasteiger partial charge in [0.05, 0.1) is 14.2 Å². The number of hydrogen-bond donors (Lipinski definition) is 1. The first-order valence-corrected chi connectivity index (χ1v) is 7.94. The number of nitrogens with zero attached hydrogens (tertiary/aromatic N) is 1. The topological polar surface area (TPSA) is 66.1 Å². The number of fused-ring (bicyclic) bond motifs is 1. The minimum Gasteiger partial charge on any atom is -0.493 e. The molecule has 0 bridgehead atoms. The third-order valence-electron chi connectivity index (χ3n) is 3.38. The van der Waals surface area contributed by atoms with Gasteiger partial charge in [-0.15, -0.1) is 0 Å². The van der Waals surface area contributed by atoms with Crippen LogP contribution in [0.1, 0.15) is 0 Å². The summed E-state index contributed by atoms with van der Waals surface area (Å²) in [6.07, 6.45) is 3.97. The smallest absolute Gasteiger partial charge is 0.223 e. The summed E-state index contributed by atoms with van der Waals surface area (Å²) in [7, 11) is 3.80. The first kappa shape index (κ1) is 14.7. The number of methoxy groups -OCH3 is 2. The molecule has 3 rings (SSSR count). The van der Waals surface area contributed by atoms with E-state index in [-0.39, 0.29) is 5.66 Å². The molecule has 0 saturated carbocycles. The Labute approximate surface area is 130 Å². The molecule has 2 unspecified atom stereocenters. The van der Waals surface area contributed by atoms with Crippen molar-refractivity contribution < 1.29 is 14.2 Å². The summed E-state index contributed by atoms with van der Waals surface area (Å²) >= 11 is 0. The average Bonchev–Trinajstić information content (AvgIpc) is 2.54. The van der Waals surface area contributed by atoms with Crippen molar-refractivity contribution in [3.05, 3.63) is 59.4 Å². The van der Waals surface area contributed by atoms with Crippen LogP contribution in [0.4, 0.5) is 5.69 Å². The second-order valence-electron chi connectivity index (χ2n) is 4.79. The molecule has 0 aromatic heterocycles. The summed E-state index contributed by atoms with van der Waals surface area (Å²) in [6, 6.07) is 7.29. The van der Waals surface area contributed by atoms with E-state index in [1.54, 1.807) is 20.3 Å². The summed E-state index contributed by atoms with van der Waals surface area (Å²) in [6.45, 7) is 0. The molecule has 1 heterocycles. The standard InChI is InChI=1S/C16H17N2O3P/c1-19-13-7-12-15(8-14(13)20-2)22-9-18-16(12)21-11-5-3-4-10(17)6-11/h3-9,15,22H,17H2,1-2H3. The first-order chi connectivity index (χ1) is 10.7. The fraction of sp³-hybridized carbons (Fsp3) is 0.188. The van der Waals surface area contributed by atoms with Gasteiger partial charge in [-0.05, 0) is 24.3 Å². The van der Waals surface area contributed by atoms with Gasteiger partial charge in [-0.25, -0.2) is 4.99 Å². The first-order valence-electron chi connectivity index (χ1n) is 6.79. The van der Waals surface area contributed by atoms with E-state index in [9.17, 15) is 0 Å². The molecule has 1 aliphatic heterocycles. The number of hydrogen-bond acceptors (Lipinski definition) is 5. The van der Waals surface area contributed by atoms with E-state index in [1.807, 2.05) is 36.3 Å². The van der Waals surface area contributed by atoms with Crippen LogP contribution in [0.5, 0.6) is 5.75 Å². The van der Waals surface area contributed by atoms with Gasteiger partial charge >= 0.3 is 0 Å². The molecule has 1 aromatic carbocycles. The molecule has 0 fully saturated rings.